The predicted octanol–water partition coefficient (Wildman–Crippen LogP) is 2.54. The van der Waals surface area contributed by atoms with Gasteiger partial charge in [-0.15, -0.1) is 0 Å². The monoisotopic (exact) mass is 255 g/mol. The zero-order valence-corrected chi connectivity index (χ0v) is 10.6. The van der Waals surface area contributed by atoms with Crippen LogP contribution in [0.1, 0.15) is 19.5 Å². The first-order valence-corrected chi connectivity index (χ1v) is 6.70. The van der Waals surface area contributed by atoms with Crippen LogP contribution in [0.5, 0.6) is 0 Å². The lowest BCUT2D eigenvalue weighted by Crippen LogP contribution is -1.97. The van der Waals surface area contributed by atoms with Crippen molar-refractivity contribution in [2.75, 3.05) is 13.2 Å². The first kappa shape index (κ1) is 13.7. The Morgan fingerprint density at radius 3 is 2.65 bits per heavy atom. The first-order chi connectivity index (χ1) is 8.16. The van der Waals surface area contributed by atoms with E-state index in [4.69, 9.17) is 14.3 Å². The van der Waals surface area contributed by atoms with Crippen LogP contribution in [0, 0.1) is 11.3 Å². The van der Waals surface area contributed by atoms with Gasteiger partial charge in [0.15, 0.2) is 0 Å². The summed E-state index contributed by atoms with van der Waals surface area (Å²) < 4.78 is 22.5. The van der Waals surface area contributed by atoms with Crippen molar-refractivity contribution in [2.45, 2.75) is 13.8 Å². The van der Waals surface area contributed by atoms with Crippen molar-refractivity contribution in [1.82, 2.24) is 9.97 Å². The Morgan fingerprint density at radius 1 is 1.59 bits per heavy atom. The number of nitrogens with zero attached hydrogens (tertiary/aromatic N) is 2. The van der Waals surface area contributed by atoms with Gasteiger partial charge in [-0.3, -0.25) is 4.57 Å². The lowest BCUT2D eigenvalue weighted by Gasteiger charge is -2.15. The third-order valence-corrected chi connectivity index (χ3v) is 3.83. The number of allylic oxidation sites excluding steroid dienone is 1. The van der Waals surface area contributed by atoms with Crippen LogP contribution in [-0.2, 0) is 13.6 Å². The smallest absolute Gasteiger partial charge is 0.345 e. The summed E-state index contributed by atoms with van der Waals surface area (Å²) in [5.41, 5.74) is 0.571. The molecule has 7 heteroatoms. The average Bonchev–Trinajstić information content (AvgIpc) is 2.79. The van der Waals surface area contributed by atoms with E-state index >= 15 is 0 Å². The molecule has 0 aliphatic rings. The van der Waals surface area contributed by atoms with Gasteiger partial charge in [0.2, 0.25) is 0 Å². The zero-order chi connectivity index (χ0) is 12.7. The number of hydrogen-bond acceptors (Lipinski definition) is 5. The third kappa shape index (κ3) is 3.53. The summed E-state index contributed by atoms with van der Waals surface area (Å²) in [6.07, 6.45) is 4.39. The Balaban J connectivity index is 3.06. The largest absolute Gasteiger partial charge is 0.371 e. The highest BCUT2D eigenvalue weighted by Crippen LogP contribution is 2.56. The molecule has 1 heterocycles. The van der Waals surface area contributed by atoms with Crippen LogP contribution in [0.15, 0.2) is 17.8 Å². The Morgan fingerprint density at radius 2 is 2.24 bits per heavy atom. The van der Waals surface area contributed by atoms with E-state index in [-0.39, 0.29) is 18.5 Å². The molecule has 0 aromatic carbocycles. The number of nitriles is 1. The molecule has 0 atom stereocenters. The summed E-state index contributed by atoms with van der Waals surface area (Å²) in [4.78, 5) is 6.59. The second-order valence-corrected chi connectivity index (χ2v) is 4.97. The molecule has 0 saturated heterocycles. The summed E-state index contributed by atoms with van der Waals surface area (Å²) in [6.45, 7) is 3.80. The third-order valence-electron chi connectivity index (χ3n) is 1.82. The summed E-state index contributed by atoms with van der Waals surface area (Å²) in [6, 6.07) is 1.85. The van der Waals surface area contributed by atoms with Gasteiger partial charge in [-0.1, -0.05) is 0 Å². The molecule has 0 radical (unpaired) electrons. The maximum absolute atomic E-state index is 12.3. The summed E-state index contributed by atoms with van der Waals surface area (Å²) >= 11 is 0. The van der Waals surface area contributed by atoms with Crippen LogP contribution < -0.4 is 0 Å². The topological polar surface area (TPSA) is 88.0 Å². The molecular weight excluding hydrogens is 241 g/mol. The average molecular weight is 255 g/mol. The molecule has 0 aliphatic heterocycles. The molecule has 6 nitrogen and oxygen atoms in total. The molecule has 0 fully saturated rings. The number of aromatic nitrogens is 2. The van der Waals surface area contributed by atoms with Gasteiger partial charge in [0.1, 0.15) is 11.4 Å². The summed E-state index contributed by atoms with van der Waals surface area (Å²) in [5, 5.41) is 8.99. The summed E-state index contributed by atoms with van der Waals surface area (Å²) in [7, 11) is -3.52. The number of nitrogens with one attached hydrogen (secondary N) is 1. The lowest BCUT2D eigenvalue weighted by atomic mass is 10.4. The molecule has 0 aliphatic carbocycles. The van der Waals surface area contributed by atoms with Crippen LogP contribution in [0.4, 0.5) is 0 Å². The lowest BCUT2D eigenvalue weighted by molar-refractivity contribution is 0.227. The standard InChI is InChI=1S/C10H14N3O3P/c1-3-15-17(14,16-4-2)10(6-11)5-9-7-12-8-13-9/h5,7-8H,3-4H2,1-2H3,(H,12,13)/b10-5+. The van der Waals surface area contributed by atoms with Gasteiger partial charge in [0, 0.05) is 0 Å². The van der Waals surface area contributed by atoms with Crippen molar-refractivity contribution in [3.8, 4) is 6.07 Å². The molecule has 0 amide bonds. The predicted molar refractivity (Wildman–Crippen MR) is 63.0 cm³/mol. The van der Waals surface area contributed by atoms with Crippen LogP contribution >= 0.6 is 7.60 Å². The number of aromatic amines is 1. The van der Waals surface area contributed by atoms with Crippen molar-refractivity contribution in [3.05, 3.63) is 23.5 Å². The van der Waals surface area contributed by atoms with E-state index in [0.29, 0.717) is 5.69 Å². The fourth-order valence-electron chi connectivity index (χ4n) is 1.18. The van der Waals surface area contributed by atoms with Crippen molar-refractivity contribution in [1.29, 1.82) is 5.26 Å². The Hall–Kier alpha value is -1.41. The molecule has 92 valence electrons. The zero-order valence-electron chi connectivity index (χ0n) is 9.71. The summed E-state index contributed by atoms with van der Waals surface area (Å²) in [5.74, 6) is 0. The van der Waals surface area contributed by atoms with E-state index in [2.05, 4.69) is 9.97 Å². The number of rotatable bonds is 6. The van der Waals surface area contributed by atoms with E-state index in [9.17, 15) is 4.57 Å². The highest BCUT2D eigenvalue weighted by atomic mass is 31.2. The second-order valence-electron chi connectivity index (χ2n) is 2.98. The van der Waals surface area contributed by atoms with Gasteiger partial charge in [-0.05, 0) is 19.9 Å². The fraction of sp³-hybridized carbons (Fsp3) is 0.400. The second kappa shape index (κ2) is 6.36. The number of H-pyrrole nitrogens is 1. The molecule has 0 saturated carbocycles. The van der Waals surface area contributed by atoms with Crippen LogP contribution in [0.3, 0.4) is 0 Å². The Labute approximate surface area is 99.8 Å². The molecule has 1 rings (SSSR count). The Bertz CT molecular complexity index is 452. The van der Waals surface area contributed by atoms with E-state index in [0.717, 1.165) is 0 Å². The Kier molecular flexibility index (Phi) is 5.11. The van der Waals surface area contributed by atoms with Crippen molar-refractivity contribution < 1.29 is 13.6 Å². The molecule has 0 spiro atoms. The molecule has 1 aromatic rings. The molecule has 17 heavy (non-hydrogen) atoms. The van der Waals surface area contributed by atoms with Crippen LogP contribution in [0.25, 0.3) is 6.08 Å². The van der Waals surface area contributed by atoms with Crippen LogP contribution in [-0.4, -0.2) is 23.2 Å². The van der Waals surface area contributed by atoms with Gasteiger partial charge in [0.05, 0.1) is 31.4 Å². The highest BCUT2D eigenvalue weighted by Gasteiger charge is 2.29. The highest BCUT2D eigenvalue weighted by molar-refractivity contribution is 7.59. The maximum Gasteiger partial charge on any atom is 0.371 e. The molecule has 1 N–H and O–H groups in total. The van der Waals surface area contributed by atoms with E-state index in [1.54, 1.807) is 13.8 Å². The first-order valence-electron chi connectivity index (χ1n) is 5.16. The van der Waals surface area contributed by atoms with Gasteiger partial charge in [-0.2, -0.15) is 5.26 Å². The fourth-order valence-corrected chi connectivity index (χ4v) is 2.63. The van der Waals surface area contributed by atoms with Gasteiger partial charge in [-0.25, -0.2) is 4.98 Å². The normalized spacial score (nSPS) is 12.4. The minimum Gasteiger partial charge on any atom is -0.345 e. The maximum atomic E-state index is 12.3. The van der Waals surface area contributed by atoms with E-state index < -0.39 is 7.60 Å². The molecule has 0 unspecified atom stereocenters. The van der Waals surface area contributed by atoms with Crippen LogP contribution in [0.2, 0.25) is 0 Å². The number of imidazole rings is 1. The number of hydrogen-bond donors (Lipinski definition) is 1. The molecule has 1 aromatic heterocycles. The minimum atomic E-state index is -3.52. The SMILES string of the molecule is CCOP(=O)(OCC)/C(C#N)=C/c1cnc[nH]1. The van der Waals surface area contributed by atoms with Crippen molar-refractivity contribution in [3.63, 3.8) is 0 Å². The van der Waals surface area contributed by atoms with E-state index in [1.165, 1.54) is 18.6 Å². The van der Waals surface area contributed by atoms with Gasteiger partial charge < -0.3 is 14.0 Å². The van der Waals surface area contributed by atoms with Crippen molar-refractivity contribution >= 4 is 13.7 Å². The van der Waals surface area contributed by atoms with Gasteiger partial charge >= 0.3 is 7.60 Å². The van der Waals surface area contributed by atoms with Crippen molar-refractivity contribution in [2.24, 2.45) is 0 Å². The van der Waals surface area contributed by atoms with Gasteiger partial charge in [0.25, 0.3) is 0 Å². The minimum absolute atomic E-state index is 0.0366. The van der Waals surface area contributed by atoms with E-state index in [1.807, 2.05) is 6.07 Å². The molecule has 0 bridgehead atoms. The molecular formula is C10H14N3O3P. The quantitative estimate of drug-likeness (QED) is 0.623.